The van der Waals surface area contributed by atoms with E-state index in [1.165, 1.54) is 19.2 Å². The first-order valence-electron chi connectivity index (χ1n) is 8.09. The van der Waals surface area contributed by atoms with Crippen molar-refractivity contribution in [2.24, 2.45) is 11.1 Å². The average molecular weight is 408 g/mol. The van der Waals surface area contributed by atoms with Crippen molar-refractivity contribution in [2.45, 2.75) is 25.7 Å². The topological polar surface area (TPSA) is 102 Å². The summed E-state index contributed by atoms with van der Waals surface area (Å²) in [5.74, 6) is -0.229. The number of amides is 1. The molecule has 0 saturated carbocycles. The van der Waals surface area contributed by atoms with Crippen LogP contribution in [-0.2, 0) is 14.8 Å². The Morgan fingerprint density at radius 2 is 1.96 bits per heavy atom. The van der Waals surface area contributed by atoms with Gasteiger partial charge in [-0.25, -0.2) is 13.1 Å². The molecule has 0 bridgehead atoms. The first-order chi connectivity index (χ1) is 11.5. The second-order valence-corrected chi connectivity index (χ2v) is 8.66. The summed E-state index contributed by atoms with van der Waals surface area (Å²) in [6.45, 7) is 7.10. The van der Waals surface area contributed by atoms with E-state index in [9.17, 15) is 13.2 Å². The summed E-state index contributed by atoms with van der Waals surface area (Å²) in [4.78, 5) is 14.4. The SMILES string of the molecule is COCCNS(=O)(=O)c1ccc(C)c(C(=O)N(C)CC(C)(C)CN)c1.Cl. The highest BCUT2D eigenvalue weighted by Gasteiger charge is 2.24. The number of hydrogen-bond acceptors (Lipinski definition) is 5. The number of nitrogens with one attached hydrogen (secondary N) is 1. The molecule has 0 aliphatic carbocycles. The van der Waals surface area contributed by atoms with Crippen LogP contribution in [0.25, 0.3) is 0 Å². The Morgan fingerprint density at radius 1 is 1.35 bits per heavy atom. The molecule has 0 unspecified atom stereocenters. The first-order valence-corrected chi connectivity index (χ1v) is 9.57. The standard InChI is InChI=1S/C17H29N3O4S.ClH/c1-13-6-7-14(25(22,23)19-8-9-24-5)10-15(13)16(21)20(4)12-17(2,3)11-18;/h6-7,10,19H,8-9,11-12,18H2,1-5H3;1H. The molecule has 0 aromatic heterocycles. The van der Waals surface area contributed by atoms with Gasteiger partial charge in [-0.1, -0.05) is 19.9 Å². The zero-order valence-corrected chi connectivity index (χ0v) is 17.7. The first kappa shape index (κ1) is 24.8. The minimum atomic E-state index is -3.69. The van der Waals surface area contributed by atoms with Gasteiger partial charge >= 0.3 is 0 Å². The van der Waals surface area contributed by atoms with Gasteiger partial charge < -0.3 is 15.4 Å². The lowest BCUT2D eigenvalue weighted by atomic mass is 9.93. The van der Waals surface area contributed by atoms with Crippen molar-refractivity contribution in [3.63, 3.8) is 0 Å². The molecule has 0 aliphatic rings. The lowest BCUT2D eigenvalue weighted by Crippen LogP contribution is -2.40. The molecule has 3 N–H and O–H groups in total. The molecule has 9 heteroatoms. The predicted octanol–water partition coefficient (Wildman–Crippen LogP) is 1.40. The summed E-state index contributed by atoms with van der Waals surface area (Å²) in [5, 5.41) is 0. The van der Waals surface area contributed by atoms with Crippen molar-refractivity contribution in [1.82, 2.24) is 9.62 Å². The number of nitrogens with zero attached hydrogens (tertiary/aromatic N) is 1. The molecular formula is C17H30ClN3O4S. The van der Waals surface area contributed by atoms with Crippen molar-refractivity contribution in [1.29, 1.82) is 0 Å². The van der Waals surface area contributed by atoms with Gasteiger partial charge in [0.1, 0.15) is 0 Å². The van der Waals surface area contributed by atoms with Crippen LogP contribution in [0.1, 0.15) is 29.8 Å². The van der Waals surface area contributed by atoms with E-state index in [2.05, 4.69) is 4.72 Å². The molecule has 0 spiro atoms. The lowest BCUT2D eigenvalue weighted by molar-refractivity contribution is 0.0739. The van der Waals surface area contributed by atoms with Gasteiger partial charge in [0.15, 0.2) is 0 Å². The van der Waals surface area contributed by atoms with Gasteiger partial charge in [-0.3, -0.25) is 4.79 Å². The number of ether oxygens (including phenoxy) is 1. The third-order valence-corrected chi connectivity index (χ3v) is 5.37. The van der Waals surface area contributed by atoms with Crippen molar-refractivity contribution >= 4 is 28.3 Å². The zero-order valence-electron chi connectivity index (χ0n) is 16.0. The Morgan fingerprint density at radius 3 is 2.50 bits per heavy atom. The van der Waals surface area contributed by atoms with Gasteiger partial charge in [-0.05, 0) is 36.6 Å². The molecule has 1 rings (SSSR count). The maximum absolute atomic E-state index is 12.7. The number of halogens is 1. The fraction of sp³-hybridized carbons (Fsp3) is 0.588. The smallest absolute Gasteiger partial charge is 0.253 e. The summed E-state index contributed by atoms with van der Waals surface area (Å²) in [5.41, 5.74) is 6.59. The minimum absolute atomic E-state index is 0. The molecule has 1 aromatic rings. The van der Waals surface area contributed by atoms with E-state index in [4.69, 9.17) is 10.5 Å². The summed E-state index contributed by atoms with van der Waals surface area (Å²) < 4.78 is 31.9. The number of benzene rings is 1. The van der Waals surface area contributed by atoms with Crippen molar-refractivity contribution in [3.8, 4) is 0 Å². The number of carbonyl (C=O) groups excluding carboxylic acids is 1. The second kappa shape index (κ2) is 10.2. The van der Waals surface area contributed by atoms with E-state index in [1.54, 1.807) is 24.9 Å². The second-order valence-electron chi connectivity index (χ2n) is 6.90. The van der Waals surface area contributed by atoms with E-state index in [1.807, 2.05) is 13.8 Å². The number of methoxy groups -OCH3 is 1. The van der Waals surface area contributed by atoms with E-state index < -0.39 is 10.0 Å². The molecule has 0 saturated heterocycles. The largest absolute Gasteiger partial charge is 0.383 e. The van der Waals surface area contributed by atoms with Crippen molar-refractivity contribution in [2.75, 3.05) is 40.4 Å². The summed E-state index contributed by atoms with van der Waals surface area (Å²) in [6.07, 6.45) is 0. The van der Waals surface area contributed by atoms with Gasteiger partial charge in [0.25, 0.3) is 5.91 Å². The molecule has 0 aliphatic heterocycles. The average Bonchev–Trinajstić information content (AvgIpc) is 2.54. The third kappa shape index (κ3) is 6.85. The van der Waals surface area contributed by atoms with Crippen LogP contribution >= 0.6 is 12.4 Å². The zero-order chi connectivity index (χ0) is 19.3. The molecule has 150 valence electrons. The van der Waals surface area contributed by atoms with Gasteiger partial charge in [-0.2, -0.15) is 0 Å². The molecule has 0 atom stereocenters. The maximum Gasteiger partial charge on any atom is 0.253 e. The summed E-state index contributed by atoms with van der Waals surface area (Å²) >= 11 is 0. The van der Waals surface area contributed by atoms with Crippen LogP contribution in [-0.4, -0.2) is 59.6 Å². The molecule has 0 heterocycles. The number of hydrogen-bond donors (Lipinski definition) is 2. The normalized spacial score (nSPS) is 11.8. The van der Waals surface area contributed by atoms with E-state index >= 15 is 0 Å². The monoisotopic (exact) mass is 407 g/mol. The Hall–Kier alpha value is -1.19. The molecular weight excluding hydrogens is 378 g/mol. The fourth-order valence-electron chi connectivity index (χ4n) is 2.34. The van der Waals surface area contributed by atoms with E-state index in [0.717, 1.165) is 5.56 Å². The number of rotatable bonds is 9. The maximum atomic E-state index is 12.7. The molecule has 7 nitrogen and oxygen atoms in total. The van der Waals surface area contributed by atoms with Crippen LogP contribution in [0.2, 0.25) is 0 Å². The predicted molar refractivity (Wildman–Crippen MR) is 105 cm³/mol. The molecule has 26 heavy (non-hydrogen) atoms. The summed E-state index contributed by atoms with van der Waals surface area (Å²) in [7, 11) is -0.504. The Kier molecular flexibility index (Phi) is 9.76. The van der Waals surface area contributed by atoms with Crippen LogP contribution in [0.3, 0.4) is 0 Å². The van der Waals surface area contributed by atoms with Crippen LogP contribution in [0.5, 0.6) is 0 Å². The molecule has 0 radical (unpaired) electrons. The van der Waals surface area contributed by atoms with Crippen molar-refractivity contribution < 1.29 is 17.9 Å². The Balaban J connectivity index is 0.00000625. The quantitative estimate of drug-likeness (QED) is 0.602. The van der Waals surface area contributed by atoms with Crippen molar-refractivity contribution in [3.05, 3.63) is 29.3 Å². The Bertz CT molecular complexity index is 708. The fourth-order valence-corrected chi connectivity index (χ4v) is 3.38. The number of aryl methyl sites for hydroxylation is 1. The summed E-state index contributed by atoms with van der Waals surface area (Å²) in [6, 6.07) is 4.55. The van der Waals surface area contributed by atoms with Crippen LogP contribution in [0, 0.1) is 12.3 Å². The molecule has 1 aromatic carbocycles. The minimum Gasteiger partial charge on any atom is -0.383 e. The number of nitrogens with two attached hydrogens (primary N) is 1. The lowest BCUT2D eigenvalue weighted by Gasteiger charge is -2.29. The van der Waals surface area contributed by atoms with Crippen LogP contribution in [0.4, 0.5) is 0 Å². The van der Waals surface area contributed by atoms with Crippen LogP contribution in [0.15, 0.2) is 23.1 Å². The number of sulfonamides is 1. The highest BCUT2D eigenvalue weighted by molar-refractivity contribution is 7.89. The highest BCUT2D eigenvalue weighted by atomic mass is 35.5. The third-order valence-electron chi connectivity index (χ3n) is 3.91. The van der Waals surface area contributed by atoms with E-state index in [0.29, 0.717) is 18.7 Å². The highest BCUT2D eigenvalue weighted by Crippen LogP contribution is 2.20. The number of carbonyl (C=O) groups is 1. The van der Waals surface area contributed by atoms with Gasteiger partial charge in [0.05, 0.1) is 11.5 Å². The van der Waals surface area contributed by atoms with Gasteiger partial charge in [0, 0.05) is 32.8 Å². The van der Waals surface area contributed by atoms with Crippen LogP contribution < -0.4 is 10.5 Å². The van der Waals surface area contributed by atoms with Gasteiger partial charge in [0.2, 0.25) is 10.0 Å². The molecule has 1 amide bonds. The Labute approximate surface area is 162 Å². The van der Waals surface area contributed by atoms with E-state index in [-0.39, 0.29) is 41.8 Å². The van der Waals surface area contributed by atoms with Gasteiger partial charge in [-0.15, -0.1) is 12.4 Å². The molecule has 0 fully saturated rings.